The molecule has 0 radical (unpaired) electrons. The molecule has 3 fully saturated rings. The fraction of sp³-hybridized carbons (Fsp3) is 0.352. The molecule has 0 bridgehead atoms. The van der Waals surface area contributed by atoms with Crippen LogP contribution in [0, 0.1) is 11.8 Å². The van der Waals surface area contributed by atoms with E-state index in [0.717, 1.165) is 16.0 Å². The normalized spacial score (nSPS) is 24.3. The van der Waals surface area contributed by atoms with E-state index in [9.17, 15) is 14.7 Å². The molecule has 5 aliphatic rings. The zero-order valence-corrected chi connectivity index (χ0v) is 39.1. The van der Waals surface area contributed by atoms with Crippen LogP contribution in [0.2, 0.25) is 0 Å². The predicted molar refractivity (Wildman–Crippen MR) is 255 cm³/mol. The Morgan fingerprint density at radius 2 is 1.46 bits per heavy atom. The lowest BCUT2D eigenvalue weighted by atomic mass is 9.65. The first-order chi connectivity index (χ1) is 34.0. The molecule has 4 amide bonds. The third kappa shape index (κ3) is 7.98. The molecule has 70 heavy (non-hydrogen) atoms. The number of para-hydroxylation sites is 1. The van der Waals surface area contributed by atoms with Gasteiger partial charge in [-0.1, -0.05) is 111 Å². The molecule has 16 nitrogen and oxygen atoms in total. The van der Waals surface area contributed by atoms with E-state index in [-0.39, 0.29) is 38.8 Å². The van der Waals surface area contributed by atoms with Gasteiger partial charge >= 0.3 is 18.0 Å². The van der Waals surface area contributed by atoms with Gasteiger partial charge in [-0.05, 0) is 64.1 Å². The van der Waals surface area contributed by atoms with Crippen molar-refractivity contribution in [2.75, 3.05) is 58.2 Å². The summed E-state index contributed by atoms with van der Waals surface area (Å²) in [6.07, 6.45) is -0.898. The Bertz CT molecular complexity index is 2770. The van der Waals surface area contributed by atoms with Crippen LogP contribution in [0.4, 0.5) is 10.5 Å². The van der Waals surface area contributed by atoms with Crippen molar-refractivity contribution in [3.8, 4) is 17.2 Å². The Kier molecular flexibility index (Phi) is 12.8. The van der Waals surface area contributed by atoms with Gasteiger partial charge < -0.3 is 39.0 Å². The van der Waals surface area contributed by atoms with E-state index < -0.39 is 77.3 Å². The number of urea groups is 1. The molecule has 16 heteroatoms. The van der Waals surface area contributed by atoms with Crippen molar-refractivity contribution in [1.29, 1.82) is 0 Å². The Morgan fingerprint density at radius 1 is 0.786 bits per heavy atom. The Balaban J connectivity index is 1.15. The number of aliphatic hydroxyl groups excluding tert-OH is 1. The van der Waals surface area contributed by atoms with Gasteiger partial charge in [0.25, 0.3) is 0 Å². The van der Waals surface area contributed by atoms with Gasteiger partial charge in [0.05, 0.1) is 37.4 Å². The highest BCUT2D eigenvalue weighted by Gasteiger charge is 2.76. The number of benzene rings is 5. The monoisotopic (exact) mass is 949 g/mol. The molecule has 2 N–H and O–H groups in total. The van der Waals surface area contributed by atoms with E-state index in [4.69, 9.17) is 23.7 Å². The van der Waals surface area contributed by atoms with Crippen LogP contribution in [-0.2, 0) is 40.6 Å². The van der Waals surface area contributed by atoms with Crippen LogP contribution in [0.1, 0.15) is 59.9 Å². The molecule has 0 aliphatic carbocycles. The number of fused-ring (bicyclic) bond motifs is 4. The third-order valence-corrected chi connectivity index (χ3v) is 14.3. The number of aliphatic hydroxyl groups is 1. The Hall–Kier alpha value is -7.27. The molecule has 5 aromatic rings. The number of ether oxygens (including phenoxy) is 5. The minimum Gasteiger partial charge on any atom is -0.491 e. The van der Waals surface area contributed by atoms with Gasteiger partial charge in [-0.2, -0.15) is 0 Å². The number of morpholine rings is 1. The molecule has 3 saturated heterocycles. The molecule has 0 saturated carbocycles. The number of anilines is 1. The summed E-state index contributed by atoms with van der Waals surface area (Å²) in [6.45, 7) is 5.64. The maximum absolute atomic E-state index is 16.5. The number of methoxy groups -OCH3 is 1. The summed E-state index contributed by atoms with van der Waals surface area (Å²) in [7, 11) is 1.23. The van der Waals surface area contributed by atoms with Crippen molar-refractivity contribution in [3.63, 3.8) is 0 Å². The van der Waals surface area contributed by atoms with E-state index >= 15 is 14.4 Å². The van der Waals surface area contributed by atoms with Gasteiger partial charge in [-0.3, -0.25) is 24.2 Å². The molecule has 5 aromatic carbocycles. The van der Waals surface area contributed by atoms with Crippen molar-refractivity contribution >= 4 is 35.5 Å². The molecule has 0 aromatic heterocycles. The highest BCUT2D eigenvalue weighted by atomic mass is 16.7. The van der Waals surface area contributed by atoms with E-state index in [1.807, 2.05) is 95.9 Å². The number of carbonyl (C=O) groups is 5. The van der Waals surface area contributed by atoms with E-state index in [0.29, 0.717) is 53.6 Å². The van der Waals surface area contributed by atoms with Crippen molar-refractivity contribution in [2.24, 2.45) is 11.8 Å². The summed E-state index contributed by atoms with van der Waals surface area (Å²) in [5, 5.41) is 12.4. The summed E-state index contributed by atoms with van der Waals surface area (Å²) in [4.78, 5) is 83.2. The van der Waals surface area contributed by atoms with E-state index in [2.05, 4.69) is 10.2 Å². The fourth-order valence-corrected chi connectivity index (χ4v) is 11.2. The highest BCUT2D eigenvalue weighted by molar-refractivity contribution is 6.25. The van der Waals surface area contributed by atoms with Gasteiger partial charge in [0.1, 0.15) is 36.0 Å². The van der Waals surface area contributed by atoms with Gasteiger partial charge in [0, 0.05) is 32.7 Å². The maximum Gasteiger partial charge on any atom is 0.329 e. The minimum atomic E-state index is -1.96. The molecular formula is C54H55N5O11. The number of imide groups is 1. The molecule has 5 aliphatic heterocycles. The maximum atomic E-state index is 16.5. The van der Waals surface area contributed by atoms with Crippen molar-refractivity contribution in [1.82, 2.24) is 20.0 Å². The van der Waals surface area contributed by atoms with Crippen molar-refractivity contribution in [2.45, 2.75) is 56.1 Å². The van der Waals surface area contributed by atoms with Gasteiger partial charge in [0.2, 0.25) is 18.6 Å². The van der Waals surface area contributed by atoms with Crippen molar-refractivity contribution in [3.05, 3.63) is 155 Å². The molecule has 10 rings (SSSR count). The number of nitrogens with one attached hydrogen (secondary N) is 1. The van der Waals surface area contributed by atoms with Crippen LogP contribution in [-0.4, -0.2) is 115 Å². The second-order valence-electron chi connectivity index (χ2n) is 18.5. The number of amides is 4. The van der Waals surface area contributed by atoms with Crippen LogP contribution in [0.25, 0.3) is 0 Å². The summed E-state index contributed by atoms with van der Waals surface area (Å²) in [5.74, 6) is -2.60. The van der Waals surface area contributed by atoms with Gasteiger partial charge in [-0.15, -0.1) is 0 Å². The van der Waals surface area contributed by atoms with Crippen LogP contribution < -0.4 is 24.4 Å². The number of piperazine rings is 1. The average Bonchev–Trinajstić information content (AvgIpc) is 4.06. The molecule has 1 spiro atoms. The number of hydrogen-bond acceptors (Lipinski definition) is 13. The van der Waals surface area contributed by atoms with E-state index in [1.54, 1.807) is 55.1 Å². The standard InChI is InChI=1S/C54H55N5O11/c1-33(2)44(50(62)66-3)55-53(65)58-40-17-11-10-16-39(40)54(52(58)64)43(49(61)57-26-24-56(25-27-57)31-34-18-23-41-42(30-34)69-32-68-41)46-51(63)70-47(36-14-8-5-9-15-36)45(35-12-6-4-7-13-35)59(46)48(54)37-19-21-38(22-20-37)67-29-28-60/h4-23,30,33,43-48,60H,24-29,31-32H2,1-3H3,(H,55,65)/t43-,44-,45-,46-,47+,48+,54-/m0/s1. The van der Waals surface area contributed by atoms with E-state index in [1.165, 1.54) is 7.11 Å². The lowest BCUT2D eigenvalue weighted by Crippen LogP contribution is -2.59. The SMILES string of the molecule is COC(=O)[C@@H](NC(=O)N1C(=O)[C@@]2(c3ccccc31)[C@H](C(=O)N1CCN(Cc3ccc4c(c3)OCO4)CC1)[C@H]1C(=O)O[C@H](c3ccccc3)[C@H](c3ccccc3)N1[C@@H]2c1ccc(OCCO)cc1)C(C)C. The number of hydrogen-bond donors (Lipinski definition) is 2. The van der Waals surface area contributed by atoms with Gasteiger partial charge in [0.15, 0.2) is 11.5 Å². The molecule has 362 valence electrons. The molecule has 5 heterocycles. The first-order valence-corrected chi connectivity index (χ1v) is 23.7. The summed E-state index contributed by atoms with van der Waals surface area (Å²) in [6, 6.07) is 33.6. The zero-order chi connectivity index (χ0) is 48.7. The number of cyclic esters (lactones) is 1. The average molecular weight is 950 g/mol. The first kappa shape index (κ1) is 46.5. The third-order valence-electron chi connectivity index (χ3n) is 14.3. The van der Waals surface area contributed by atoms with Crippen LogP contribution >= 0.6 is 0 Å². The second-order valence-corrected chi connectivity index (χ2v) is 18.5. The molecular weight excluding hydrogens is 895 g/mol. The highest BCUT2D eigenvalue weighted by Crippen LogP contribution is 2.66. The molecule has 0 unspecified atom stereocenters. The summed E-state index contributed by atoms with van der Waals surface area (Å²) in [5.41, 5.74) is 1.68. The van der Waals surface area contributed by atoms with Crippen LogP contribution in [0.15, 0.2) is 127 Å². The minimum absolute atomic E-state index is 0.0427. The molecule has 7 atom stereocenters. The predicted octanol–water partition coefficient (Wildman–Crippen LogP) is 5.70. The topological polar surface area (TPSA) is 177 Å². The number of nitrogens with zero attached hydrogens (tertiary/aromatic N) is 4. The Labute approximate surface area is 405 Å². The largest absolute Gasteiger partial charge is 0.491 e. The second kappa shape index (κ2) is 19.3. The number of rotatable bonds is 12. The number of carbonyl (C=O) groups excluding carboxylic acids is 5. The smallest absolute Gasteiger partial charge is 0.329 e. The van der Waals surface area contributed by atoms with Crippen molar-refractivity contribution < 1.29 is 52.8 Å². The fourth-order valence-electron chi connectivity index (χ4n) is 11.2. The van der Waals surface area contributed by atoms with Gasteiger partial charge in [-0.25, -0.2) is 14.5 Å². The lowest BCUT2D eigenvalue weighted by Gasteiger charge is -2.46. The summed E-state index contributed by atoms with van der Waals surface area (Å²) >= 11 is 0. The quantitative estimate of drug-likeness (QED) is 0.146. The van der Waals surface area contributed by atoms with Crippen LogP contribution in [0.3, 0.4) is 0 Å². The number of esters is 2. The zero-order valence-electron chi connectivity index (χ0n) is 39.1. The summed E-state index contributed by atoms with van der Waals surface area (Å²) < 4.78 is 28.7. The Morgan fingerprint density at radius 3 is 2.14 bits per heavy atom. The van der Waals surface area contributed by atoms with Crippen LogP contribution in [0.5, 0.6) is 17.2 Å². The lowest BCUT2D eigenvalue weighted by molar-refractivity contribution is -0.179. The first-order valence-electron chi connectivity index (χ1n) is 23.7.